The number of carbonyl (C=O) groups is 1. The molecule has 1 amide bonds. The summed E-state index contributed by atoms with van der Waals surface area (Å²) in [6.07, 6.45) is 3.78. The molecule has 6 nitrogen and oxygen atoms in total. The molecule has 0 aliphatic rings. The highest BCUT2D eigenvalue weighted by molar-refractivity contribution is 5.88. The summed E-state index contributed by atoms with van der Waals surface area (Å²) in [5.41, 5.74) is 3.58. The first-order valence-electron chi connectivity index (χ1n) is 7.34. The van der Waals surface area contributed by atoms with Crippen molar-refractivity contribution in [3.05, 3.63) is 53.7 Å². The molecule has 3 rings (SSSR count). The van der Waals surface area contributed by atoms with Gasteiger partial charge in [0.25, 0.3) is 0 Å². The Morgan fingerprint density at radius 3 is 2.61 bits per heavy atom. The van der Waals surface area contributed by atoms with Crippen LogP contribution in [0.3, 0.4) is 0 Å². The molecule has 0 atom stereocenters. The molecule has 0 spiro atoms. The predicted molar refractivity (Wildman–Crippen MR) is 87.0 cm³/mol. The summed E-state index contributed by atoms with van der Waals surface area (Å²) in [5, 5.41) is 7.00. The van der Waals surface area contributed by atoms with Crippen LogP contribution in [0.4, 0.5) is 5.69 Å². The summed E-state index contributed by atoms with van der Waals surface area (Å²) in [4.78, 5) is 15.6. The molecule has 0 saturated carbocycles. The van der Waals surface area contributed by atoms with Crippen LogP contribution in [-0.4, -0.2) is 20.7 Å². The first-order valence-corrected chi connectivity index (χ1v) is 7.34. The molecule has 0 fully saturated rings. The molecule has 0 aliphatic carbocycles. The number of rotatable bonds is 4. The monoisotopic (exact) mass is 310 g/mol. The van der Waals surface area contributed by atoms with Gasteiger partial charge in [0.2, 0.25) is 11.8 Å². The Morgan fingerprint density at radius 2 is 2.00 bits per heavy atom. The lowest BCUT2D eigenvalue weighted by Crippen LogP contribution is -2.05. The number of aryl methyl sites for hydroxylation is 2. The van der Waals surface area contributed by atoms with E-state index in [1.54, 1.807) is 0 Å². The summed E-state index contributed by atoms with van der Waals surface area (Å²) in [7, 11) is 0. The van der Waals surface area contributed by atoms with Gasteiger partial charge in [-0.05, 0) is 43.7 Å². The zero-order chi connectivity index (χ0) is 16.4. The van der Waals surface area contributed by atoms with Gasteiger partial charge >= 0.3 is 0 Å². The highest BCUT2D eigenvalue weighted by Crippen LogP contribution is 2.23. The second-order valence-electron chi connectivity index (χ2n) is 5.50. The second kappa shape index (κ2) is 6.08. The second-order valence-corrected chi connectivity index (χ2v) is 5.50. The van der Waals surface area contributed by atoms with Gasteiger partial charge in [-0.1, -0.05) is 0 Å². The van der Waals surface area contributed by atoms with Crippen LogP contribution in [-0.2, 0) is 11.3 Å². The van der Waals surface area contributed by atoms with Gasteiger partial charge in [0.15, 0.2) is 0 Å². The lowest BCUT2D eigenvalue weighted by molar-refractivity contribution is -0.114. The van der Waals surface area contributed by atoms with Crippen molar-refractivity contribution in [1.82, 2.24) is 14.8 Å². The van der Waals surface area contributed by atoms with E-state index in [2.05, 4.69) is 15.4 Å². The highest BCUT2D eigenvalue weighted by atomic mass is 16.4. The maximum absolute atomic E-state index is 11.0. The molecular weight excluding hydrogens is 292 g/mol. The number of nitrogens with one attached hydrogen (secondary N) is 1. The van der Waals surface area contributed by atoms with Crippen LogP contribution in [0.15, 0.2) is 41.1 Å². The molecular formula is C17H18N4O2. The average molecular weight is 310 g/mol. The zero-order valence-electron chi connectivity index (χ0n) is 13.3. The standard InChI is InChI=1S/C17H18N4O2/c1-11-8-18-21(9-11)10-16-12(2)23-17(20-16)14-4-6-15(7-5-14)19-13(3)22/h4-9H,10H2,1-3H3,(H,19,22). The van der Waals surface area contributed by atoms with Gasteiger partial charge in [-0.2, -0.15) is 5.10 Å². The first-order chi connectivity index (χ1) is 11.0. The SMILES string of the molecule is CC(=O)Nc1ccc(-c2nc(Cn3cc(C)cn3)c(C)o2)cc1. The largest absolute Gasteiger partial charge is 0.441 e. The van der Waals surface area contributed by atoms with Gasteiger partial charge in [0.05, 0.1) is 12.7 Å². The normalized spacial score (nSPS) is 10.7. The van der Waals surface area contributed by atoms with Crippen molar-refractivity contribution in [2.45, 2.75) is 27.3 Å². The molecule has 1 N–H and O–H groups in total. The van der Waals surface area contributed by atoms with Crippen LogP contribution in [0.25, 0.3) is 11.5 Å². The maximum atomic E-state index is 11.0. The molecule has 0 radical (unpaired) electrons. The van der Waals surface area contributed by atoms with Gasteiger partial charge in [-0.25, -0.2) is 4.98 Å². The fraction of sp³-hybridized carbons (Fsp3) is 0.235. The summed E-state index contributed by atoms with van der Waals surface area (Å²) in [6, 6.07) is 7.40. The van der Waals surface area contributed by atoms with Crippen LogP contribution < -0.4 is 5.32 Å². The van der Waals surface area contributed by atoms with Crippen molar-refractivity contribution in [2.24, 2.45) is 0 Å². The summed E-state index contributed by atoms with van der Waals surface area (Å²) >= 11 is 0. The lowest BCUT2D eigenvalue weighted by atomic mass is 10.2. The lowest BCUT2D eigenvalue weighted by Gasteiger charge is -2.02. The van der Waals surface area contributed by atoms with E-state index in [0.717, 1.165) is 28.3 Å². The molecule has 118 valence electrons. The zero-order valence-corrected chi connectivity index (χ0v) is 13.3. The Morgan fingerprint density at radius 1 is 1.26 bits per heavy atom. The number of nitrogens with zero attached hydrogens (tertiary/aromatic N) is 3. The minimum atomic E-state index is -0.0958. The van der Waals surface area contributed by atoms with Gasteiger partial charge in [0.1, 0.15) is 11.5 Å². The number of hydrogen-bond donors (Lipinski definition) is 1. The van der Waals surface area contributed by atoms with E-state index < -0.39 is 0 Å². The van der Waals surface area contributed by atoms with Gasteiger partial charge in [-0.3, -0.25) is 9.48 Å². The van der Waals surface area contributed by atoms with Crippen molar-refractivity contribution in [2.75, 3.05) is 5.32 Å². The van der Waals surface area contributed by atoms with E-state index in [1.807, 2.05) is 55.2 Å². The molecule has 0 unspecified atom stereocenters. The smallest absolute Gasteiger partial charge is 0.226 e. The third kappa shape index (κ3) is 3.48. The van der Waals surface area contributed by atoms with E-state index in [1.165, 1.54) is 6.92 Å². The Balaban J connectivity index is 1.81. The van der Waals surface area contributed by atoms with E-state index in [0.29, 0.717) is 12.4 Å². The van der Waals surface area contributed by atoms with Crippen molar-refractivity contribution in [1.29, 1.82) is 0 Å². The molecule has 6 heteroatoms. The molecule has 1 aromatic carbocycles. The van der Waals surface area contributed by atoms with Crippen LogP contribution in [0.2, 0.25) is 0 Å². The quantitative estimate of drug-likeness (QED) is 0.803. The fourth-order valence-electron chi connectivity index (χ4n) is 2.30. The van der Waals surface area contributed by atoms with E-state index in [9.17, 15) is 4.79 Å². The average Bonchev–Trinajstić information content (AvgIpc) is 3.06. The van der Waals surface area contributed by atoms with Crippen LogP contribution in [0, 0.1) is 13.8 Å². The Bertz CT molecular complexity index is 831. The third-order valence-electron chi connectivity index (χ3n) is 3.42. The predicted octanol–water partition coefficient (Wildman–Crippen LogP) is 3.16. The fourth-order valence-corrected chi connectivity index (χ4v) is 2.30. The Labute approximate surface area is 134 Å². The summed E-state index contributed by atoms with van der Waals surface area (Å²) in [6.45, 7) is 5.96. The maximum Gasteiger partial charge on any atom is 0.226 e. The van der Waals surface area contributed by atoms with Crippen LogP contribution in [0.1, 0.15) is 23.9 Å². The highest BCUT2D eigenvalue weighted by Gasteiger charge is 2.12. The molecule has 2 heterocycles. The number of carbonyl (C=O) groups excluding carboxylic acids is 1. The molecule has 23 heavy (non-hydrogen) atoms. The molecule has 0 bridgehead atoms. The topological polar surface area (TPSA) is 73.0 Å². The van der Waals surface area contributed by atoms with E-state index >= 15 is 0 Å². The molecule has 3 aromatic rings. The van der Waals surface area contributed by atoms with Gasteiger partial charge in [-0.15, -0.1) is 0 Å². The Kier molecular flexibility index (Phi) is 3.97. The Hall–Kier alpha value is -2.89. The minimum absolute atomic E-state index is 0.0958. The molecule has 2 aromatic heterocycles. The van der Waals surface area contributed by atoms with Crippen molar-refractivity contribution >= 4 is 11.6 Å². The number of oxazole rings is 1. The van der Waals surface area contributed by atoms with Crippen molar-refractivity contribution < 1.29 is 9.21 Å². The number of anilines is 1. The molecule has 0 aliphatic heterocycles. The van der Waals surface area contributed by atoms with E-state index in [4.69, 9.17) is 4.42 Å². The number of hydrogen-bond acceptors (Lipinski definition) is 4. The van der Waals surface area contributed by atoms with Gasteiger partial charge < -0.3 is 9.73 Å². The van der Waals surface area contributed by atoms with E-state index in [-0.39, 0.29) is 5.91 Å². The molecule has 0 saturated heterocycles. The van der Waals surface area contributed by atoms with Crippen LogP contribution in [0.5, 0.6) is 0 Å². The van der Waals surface area contributed by atoms with Crippen molar-refractivity contribution in [3.8, 4) is 11.5 Å². The number of benzene rings is 1. The van der Waals surface area contributed by atoms with Crippen molar-refractivity contribution in [3.63, 3.8) is 0 Å². The summed E-state index contributed by atoms with van der Waals surface area (Å²) < 4.78 is 7.60. The minimum Gasteiger partial charge on any atom is -0.441 e. The van der Waals surface area contributed by atoms with Gasteiger partial charge in [0, 0.05) is 24.4 Å². The third-order valence-corrected chi connectivity index (χ3v) is 3.42. The number of amides is 1. The van der Waals surface area contributed by atoms with Crippen LogP contribution >= 0.6 is 0 Å². The summed E-state index contributed by atoms with van der Waals surface area (Å²) in [5.74, 6) is 1.25. The number of aromatic nitrogens is 3. The first kappa shape index (κ1) is 15.0.